The molecule has 1 atom stereocenters. The first-order valence-electron chi connectivity index (χ1n) is 9.18. The summed E-state index contributed by atoms with van der Waals surface area (Å²) >= 11 is 6.14. The van der Waals surface area contributed by atoms with Crippen molar-refractivity contribution >= 4 is 17.5 Å². The largest absolute Gasteiger partial charge is 0.416 e. The third kappa shape index (κ3) is 3.18. The molecule has 3 fully saturated rings. The van der Waals surface area contributed by atoms with Crippen LogP contribution in [0.2, 0.25) is 5.02 Å². The molecule has 1 amide bonds. The highest BCUT2D eigenvalue weighted by Gasteiger charge is 2.55. The highest BCUT2D eigenvalue weighted by molar-refractivity contribution is 6.34. The summed E-state index contributed by atoms with van der Waals surface area (Å²) in [4.78, 5) is 13.1. The summed E-state index contributed by atoms with van der Waals surface area (Å²) in [6.07, 6.45) is -2.68. The van der Waals surface area contributed by atoms with E-state index in [9.17, 15) is 18.0 Å². The molecule has 2 aromatic rings. The Morgan fingerprint density at radius 1 is 1.21 bits per heavy atom. The van der Waals surface area contributed by atoms with Crippen molar-refractivity contribution in [2.75, 3.05) is 6.54 Å². The Labute approximate surface area is 166 Å². The molecule has 2 bridgehead atoms. The van der Waals surface area contributed by atoms with Crippen molar-refractivity contribution in [3.8, 4) is 0 Å². The Kier molecular flexibility index (Phi) is 4.67. The van der Waals surface area contributed by atoms with Crippen LogP contribution in [0.3, 0.4) is 0 Å². The van der Waals surface area contributed by atoms with Crippen LogP contribution in [0.15, 0.2) is 42.5 Å². The molecule has 2 saturated heterocycles. The van der Waals surface area contributed by atoms with Crippen LogP contribution in [0.25, 0.3) is 0 Å². The van der Waals surface area contributed by atoms with Crippen LogP contribution in [0, 0.1) is 12.8 Å². The van der Waals surface area contributed by atoms with Gasteiger partial charge in [-0.2, -0.15) is 13.2 Å². The number of hydrogen-bond donors (Lipinski definition) is 2. The number of carbonyl (C=O) groups excluding carboxylic acids is 1. The van der Waals surface area contributed by atoms with Crippen LogP contribution in [-0.2, 0) is 6.18 Å². The van der Waals surface area contributed by atoms with Crippen molar-refractivity contribution in [2.24, 2.45) is 5.92 Å². The molecule has 3 nitrogen and oxygen atoms in total. The Hall–Kier alpha value is -2.05. The molecule has 5 rings (SSSR count). The molecule has 1 saturated carbocycles. The predicted octanol–water partition coefficient (Wildman–Crippen LogP) is 4.89. The molecule has 2 heterocycles. The number of benzene rings is 2. The zero-order valence-electron chi connectivity index (χ0n) is 15.2. The van der Waals surface area contributed by atoms with E-state index < -0.39 is 17.6 Å². The zero-order valence-corrected chi connectivity index (χ0v) is 16.0. The van der Waals surface area contributed by atoms with Crippen molar-refractivity contribution in [1.82, 2.24) is 10.6 Å². The van der Waals surface area contributed by atoms with Crippen molar-refractivity contribution < 1.29 is 18.0 Å². The van der Waals surface area contributed by atoms with Crippen molar-refractivity contribution in [2.45, 2.75) is 37.5 Å². The van der Waals surface area contributed by atoms with Gasteiger partial charge in [0.05, 0.1) is 22.2 Å². The van der Waals surface area contributed by atoms with Gasteiger partial charge >= 0.3 is 6.18 Å². The summed E-state index contributed by atoms with van der Waals surface area (Å²) in [7, 11) is 0. The van der Waals surface area contributed by atoms with Crippen molar-refractivity contribution in [3.63, 3.8) is 0 Å². The second-order valence-electron chi connectivity index (χ2n) is 7.72. The molecule has 1 unspecified atom stereocenters. The summed E-state index contributed by atoms with van der Waals surface area (Å²) < 4.78 is 39.8. The maximum absolute atomic E-state index is 13.3. The lowest BCUT2D eigenvalue weighted by Crippen LogP contribution is -2.54. The van der Waals surface area contributed by atoms with Gasteiger partial charge in [-0.15, -0.1) is 0 Å². The summed E-state index contributed by atoms with van der Waals surface area (Å²) in [5.41, 5.74) is -0.469. The highest BCUT2D eigenvalue weighted by Crippen LogP contribution is 2.50. The molecular formula is C21H20ClF3N2O. The molecule has 3 aliphatic rings. The van der Waals surface area contributed by atoms with E-state index in [-0.39, 0.29) is 27.7 Å². The monoisotopic (exact) mass is 408 g/mol. The maximum Gasteiger partial charge on any atom is 0.416 e. The lowest BCUT2D eigenvalue weighted by atomic mass is 9.67. The number of rotatable bonds is 4. The Morgan fingerprint density at radius 3 is 2.46 bits per heavy atom. The molecule has 2 N–H and O–H groups in total. The summed E-state index contributed by atoms with van der Waals surface area (Å²) in [6, 6.07) is 11.2. The van der Waals surface area contributed by atoms with Crippen LogP contribution >= 0.6 is 11.6 Å². The Balaban J connectivity index is 1.70. The van der Waals surface area contributed by atoms with Gasteiger partial charge in [0, 0.05) is 5.54 Å². The van der Waals surface area contributed by atoms with Gasteiger partial charge in [-0.25, -0.2) is 0 Å². The number of nitrogens with one attached hydrogen (secondary N) is 2. The molecule has 1 aliphatic carbocycles. The van der Waals surface area contributed by atoms with Crippen LogP contribution in [0.5, 0.6) is 0 Å². The van der Waals surface area contributed by atoms with Crippen molar-refractivity contribution in [3.05, 3.63) is 69.7 Å². The SMILES string of the molecule is Cc1c(C(F)(F)F)ccc(Cl)c1C(=O)NC(c1ccccc1)C12CC(CN1)C2. The molecule has 7 heteroatoms. The first-order chi connectivity index (χ1) is 13.2. The highest BCUT2D eigenvalue weighted by atomic mass is 35.5. The van der Waals surface area contributed by atoms with E-state index in [0.29, 0.717) is 5.92 Å². The average molecular weight is 409 g/mol. The van der Waals surface area contributed by atoms with Crippen LogP contribution in [0.4, 0.5) is 13.2 Å². The van der Waals surface area contributed by atoms with E-state index in [0.717, 1.165) is 37.1 Å². The lowest BCUT2D eigenvalue weighted by Gasteiger charge is -2.44. The van der Waals surface area contributed by atoms with Gasteiger partial charge in [0.2, 0.25) is 0 Å². The van der Waals surface area contributed by atoms with Crippen LogP contribution in [-0.4, -0.2) is 18.0 Å². The molecular weight excluding hydrogens is 389 g/mol. The van der Waals surface area contributed by atoms with Gasteiger partial charge in [0.1, 0.15) is 0 Å². The fraction of sp³-hybridized carbons (Fsp3) is 0.381. The van der Waals surface area contributed by atoms with E-state index in [2.05, 4.69) is 10.6 Å². The van der Waals surface area contributed by atoms with Crippen LogP contribution in [0.1, 0.15) is 45.9 Å². The maximum atomic E-state index is 13.3. The minimum Gasteiger partial charge on any atom is -0.343 e. The van der Waals surface area contributed by atoms with E-state index >= 15 is 0 Å². The zero-order chi connectivity index (χ0) is 20.1. The first kappa shape index (κ1) is 19.3. The number of alkyl halides is 3. The number of fused-ring (bicyclic) bond motifs is 1. The Bertz CT molecular complexity index is 902. The molecule has 0 aromatic heterocycles. The minimum atomic E-state index is -4.55. The minimum absolute atomic E-state index is 0.0122. The smallest absolute Gasteiger partial charge is 0.343 e. The van der Waals surface area contributed by atoms with Gasteiger partial charge in [-0.1, -0.05) is 41.9 Å². The molecule has 148 valence electrons. The lowest BCUT2D eigenvalue weighted by molar-refractivity contribution is -0.138. The molecule has 2 aliphatic heterocycles. The van der Waals surface area contributed by atoms with E-state index in [1.54, 1.807) is 0 Å². The molecule has 0 radical (unpaired) electrons. The number of carbonyl (C=O) groups is 1. The standard InChI is InChI=1S/C21H20ClF3N2O/c1-12-15(21(23,24)25)7-8-16(22)17(12)19(28)27-18(14-5-3-2-4-6-14)20-9-13(10-20)11-26-20/h2-8,13,18,26H,9-11H2,1H3,(H,27,28). The number of halogens is 4. The third-order valence-electron chi connectivity index (χ3n) is 5.96. The van der Waals surface area contributed by atoms with Gasteiger partial charge in [-0.05, 0) is 55.5 Å². The van der Waals surface area contributed by atoms with Gasteiger partial charge < -0.3 is 10.6 Å². The fourth-order valence-electron chi connectivity index (χ4n) is 4.60. The summed E-state index contributed by atoms with van der Waals surface area (Å²) in [5.74, 6) is -0.00373. The third-order valence-corrected chi connectivity index (χ3v) is 6.27. The molecule has 2 aromatic carbocycles. The number of amides is 1. The van der Waals surface area contributed by atoms with Gasteiger partial charge in [0.25, 0.3) is 5.91 Å². The normalized spacial score (nSPS) is 24.5. The van der Waals surface area contributed by atoms with Gasteiger partial charge in [-0.3, -0.25) is 4.79 Å². The van der Waals surface area contributed by atoms with E-state index in [4.69, 9.17) is 11.6 Å². The quantitative estimate of drug-likeness (QED) is 0.756. The molecule has 28 heavy (non-hydrogen) atoms. The second kappa shape index (κ2) is 6.78. The predicted molar refractivity (Wildman–Crippen MR) is 101 cm³/mol. The van der Waals surface area contributed by atoms with E-state index in [1.165, 1.54) is 6.92 Å². The fourth-order valence-corrected chi connectivity index (χ4v) is 4.89. The average Bonchev–Trinajstić information content (AvgIpc) is 3.21. The van der Waals surface area contributed by atoms with Crippen molar-refractivity contribution in [1.29, 1.82) is 0 Å². The number of hydrogen-bond acceptors (Lipinski definition) is 2. The summed E-state index contributed by atoms with van der Waals surface area (Å²) in [6.45, 7) is 2.18. The first-order valence-corrected chi connectivity index (χ1v) is 9.56. The van der Waals surface area contributed by atoms with Gasteiger partial charge in [0.15, 0.2) is 0 Å². The topological polar surface area (TPSA) is 41.1 Å². The van der Waals surface area contributed by atoms with E-state index in [1.807, 2.05) is 30.3 Å². The van der Waals surface area contributed by atoms with Crippen LogP contribution < -0.4 is 10.6 Å². The second-order valence-corrected chi connectivity index (χ2v) is 8.13. The Morgan fingerprint density at radius 2 is 1.89 bits per heavy atom. The molecule has 0 spiro atoms. The summed E-state index contributed by atoms with van der Waals surface area (Å²) in [5, 5.41) is 6.49.